The van der Waals surface area contributed by atoms with Gasteiger partial charge in [-0.1, -0.05) is 6.07 Å². The largest absolute Gasteiger partial charge is 0.378 e. The lowest BCUT2D eigenvalue weighted by atomic mass is 10.1. The number of amides is 1. The number of rotatable bonds is 5. The van der Waals surface area contributed by atoms with Crippen molar-refractivity contribution in [2.45, 2.75) is 44.8 Å². The summed E-state index contributed by atoms with van der Waals surface area (Å²) in [5.74, 6) is -0.0488. The molecule has 0 bridgehead atoms. The van der Waals surface area contributed by atoms with E-state index >= 15 is 0 Å². The fourth-order valence-electron chi connectivity index (χ4n) is 2.35. The zero-order valence-corrected chi connectivity index (χ0v) is 13.9. The van der Waals surface area contributed by atoms with Crippen LogP contribution in [0.5, 0.6) is 0 Å². The van der Waals surface area contributed by atoms with Crippen LogP contribution in [0.4, 0.5) is 5.13 Å². The van der Waals surface area contributed by atoms with Crippen LogP contribution in [0.1, 0.15) is 37.1 Å². The first kappa shape index (κ1) is 15.9. The van der Waals surface area contributed by atoms with E-state index in [4.69, 9.17) is 0 Å². The molecule has 1 saturated carbocycles. The molecular formula is C16H19N3O3S. The molecule has 1 fully saturated rings. The van der Waals surface area contributed by atoms with E-state index in [1.54, 1.807) is 19.1 Å². The first-order valence-electron chi connectivity index (χ1n) is 7.52. The average Bonchev–Trinajstić information content (AvgIpc) is 3.23. The number of carbonyl (C=O) groups excluding carboxylic acids is 1. The minimum Gasteiger partial charge on any atom is -0.378 e. The second kappa shape index (κ2) is 5.90. The molecule has 0 aliphatic heterocycles. The summed E-state index contributed by atoms with van der Waals surface area (Å²) in [5, 5.41) is 15.5. The zero-order chi connectivity index (χ0) is 16.6. The van der Waals surface area contributed by atoms with E-state index in [1.807, 2.05) is 5.38 Å². The van der Waals surface area contributed by atoms with Crippen LogP contribution in [-0.4, -0.2) is 26.2 Å². The smallest absolute Gasteiger partial charge is 0.259 e. The third-order valence-corrected chi connectivity index (χ3v) is 4.74. The van der Waals surface area contributed by atoms with E-state index in [9.17, 15) is 14.7 Å². The Morgan fingerprint density at radius 3 is 2.91 bits per heavy atom. The van der Waals surface area contributed by atoms with Crippen molar-refractivity contribution >= 4 is 22.4 Å². The van der Waals surface area contributed by atoms with E-state index in [2.05, 4.69) is 10.3 Å². The van der Waals surface area contributed by atoms with Crippen LogP contribution in [0.3, 0.4) is 0 Å². The van der Waals surface area contributed by atoms with Gasteiger partial charge in [0.15, 0.2) is 10.7 Å². The van der Waals surface area contributed by atoms with Crippen molar-refractivity contribution in [3.63, 3.8) is 0 Å². The quantitative estimate of drug-likeness (QED) is 0.875. The maximum atomic E-state index is 12.3. The number of aryl methyl sites for hydroxylation is 1. The molecule has 7 heteroatoms. The molecule has 0 aromatic carbocycles. The van der Waals surface area contributed by atoms with Gasteiger partial charge in [-0.2, -0.15) is 0 Å². The van der Waals surface area contributed by atoms with Crippen molar-refractivity contribution < 1.29 is 9.90 Å². The molecule has 1 aliphatic carbocycles. The molecule has 0 unspecified atom stereocenters. The number of aromatic nitrogens is 2. The molecule has 2 aromatic heterocycles. The van der Waals surface area contributed by atoms with Crippen molar-refractivity contribution in [3.8, 4) is 0 Å². The van der Waals surface area contributed by atoms with Gasteiger partial charge >= 0.3 is 0 Å². The first-order chi connectivity index (χ1) is 10.9. The van der Waals surface area contributed by atoms with Crippen molar-refractivity contribution in [1.29, 1.82) is 0 Å². The molecule has 0 radical (unpaired) electrons. The molecule has 122 valence electrons. The molecule has 1 aliphatic rings. The van der Waals surface area contributed by atoms with Gasteiger partial charge in [0.2, 0.25) is 0 Å². The number of carbonyl (C=O) groups is 1. The van der Waals surface area contributed by atoms with Gasteiger partial charge < -0.3 is 9.67 Å². The van der Waals surface area contributed by atoms with Gasteiger partial charge in [-0.05, 0) is 32.8 Å². The topological polar surface area (TPSA) is 84.2 Å². The third kappa shape index (κ3) is 3.51. The monoisotopic (exact) mass is 333 g/mol. The molecule has 23 heavy (non-hydrogen) atoms. The second-order valence-electron chi connectivity index (χ2n) is 6.17. The summed E-state index contributed by atoms with van der Waals surface area (Å²) < 4.78 is 1.39. The Bertz CT molecular complexity index is 790. The summed E-state index contributed by atoms with van der Waals surface area (Å²) in [6, 6.07) is 4.82. The Kier molecular flexibility index (Phi) is 4.08. The lowest BCUT2D eigenvalue weighted by Crippen LogP contribution is -2.46. The number of aliphatic hydroxyl groups is 1. The van der Waals surface area contributed by atoms with Crippen molar-refractivity contribution in [1.82, 2.24) is 9.55 Å². The summed E-state index contributed by atoms with van der Waals surface area (Å²) in [6.07, 6.45) is 2.29. The zero-order valence-electron chi connectivity index (χ0n) is 13.1. The standard InChI is InChI=1S/C16H19N3O3S/c1-10-4-3-5-13(20)19(10)9-16(2,22)14(21)18-15-17-12(8-23-15)11-6-7-11/h3-5,8,11,22H,6-7,9H2,1-2H3,(H,17,18,21)/t16-/m0/s1. The van der Waals surface area contributed by atoms with Crippen LogP contribution in [0, 0.1) is 6.92 Å². The van der Waals surface area contributed by atoms with Crippen LogP contribution in [-0.2, 0) is 11.3 Å². The van der Waals surface area contributed by atoms with Crippen LogP contribution in [0.15, 0.2) is 28.4 Å². The van der Waals surface area contributed by atoms with E-state index in [1.165, 1.54) is 28.9 Å². The lowest BCUT2D eigenvalue weighted by Gasteiger charge is -2.23. The van der Waals surface area contributed by atoms with Crippen LogP contribution < -0.4 is 10.9 Å². The summed E-state index contributed by atoms with van der Waals surface area (Å²) in [4.78, 5) is 28.6. The highest BCUT2D eigenvalue weighted by Gasteiger charge is 2.33. The molecule has 6 nitrogen and oxygen atoms in total. The first-order valence-corrected chi connectivity index (χ1v) is 8.40. The molecule has 2 aromatic rings. The fraction of sp³-hybridized carbons (Fsp3) is 0.438. The molecule has 3 rings (SSSR count). The summed E-state index contributed by atoms with van der Waals surface area (Å²) in [7, 11) is 0. The van der Waals surface area contributed by atoms with E-state index in [0.717, 1.165) is 18.5 Å². The molecule has 2 heterocycles. The number of thiazole rings is 1. The van der Waals surface area contributed by atoms with Crippen molar-refractivity contribution in [2.75, 3.05) is 5.32 Å². The molecule has 0 spiro atoms. The van der Waals surface area contributed by atoms with Gasteiger partial charge in [0.1, 0.15) is 0 Å². The second-order valence-corrected chi connectivity index (χ2v) is 7.03. The van der Waals surface area contributed by atoms with Crippen LogP contribution in [0.2, 0.25) is 0 Å². The predicted molar refractivity (Wildman–Crippen MR) is 88.8 cm³/mol. The molecule has 1 amide bonds. The minimum absolute atomic E-state index is 0.106. The number of pyridine rings is 1. The number of nitrogens with one attached hydrogen (secondary N) is 1. The van der Waals surface area contributed by atoms with Gasteiger partial charge in [-0.25, -0.2) is 4.98 Å². The Morgan fingerprint density at radius 1 is 1.52 bits per heavy atom. The highest BCUT2D eigenvalue weighted by atomic mass is 32.1. The summed E-state index contributed by atoms with van der Waals surface area (Å²) in [5.41, 5.74) is -0.263. The number of nitrogens with zero attached hydrogens (tertiary/aromatic N) is 2. The highest BCUT2D eigenvalue weighted by Crippen LogP contribution is 2.40. The van der Waals surface area contributed by atoms with Crippen molar-refractivity contribution in [3.05, 3.63) is 45.3 Å². The van der Waals surface area contributed by atoms with Gasteiger partial charge in [-0.3, -0.25) is 14.9 Å². The third-order valence-electron chi connectivity index (χ3n) is 3.96. The average molecular weight is 333 g/mol. The van der Waals surface area contributed by atoms with E-state index in [-0.39, 0.29) is 12.1 Å². The Labute approximate surface area is 137 Å². The van der Waals surface area contributed by atoms with Crippen LogP contribution >= 0.6 is 11.3 Å². The Morgan fingerprint density at radius 2 is 2.26 bits per heavy atom. The van der Waals surface area contributed by atoms with E-state index in [0.29, 0.717) is 16.7 Å². The molecule has 0 saturated heterocycles. The SMILES string of the molecule is Cc1cccc(=O)n1C[C@](C)(O)C(=O)Nc1nc(C2CC2)cs1. The number of hydrogen-bond donors (Lipinski definition) is 2. The van der Waals surface area contributed by atoms with Crippen LogP contribution in [0.25, 0.3) is 0 Å². The predicted octanol–water partition coefficient (Wildman–Crippen LogP) is 1.88. The highest BCUT2D eigenvalue weighted by molar-refractivity contribution is 7.14. The van der Waals surface area contributed by atoms with Gasteiger partial charge in [0, 0.05) is 23.1 Å². The lowest BCUT2D eigenvalue weighted by molar-refractivity contribution is -0.133. The van der Waals surface area contributed by atoms with Gasteiger partial charge in [-0.15, -0.1) is 11.3 Å². The van der Waals surface area contributed by atoms with Gasteiger partial charge in [0.05, 0.1) is 12.2 Å². The summed E-state index contributed by atoms with van der Waals surface area (Å²) >= 11 is 1.35. The van der Waals surface area contributed by atoms with E-state index < -0.39 is 11.5 Å². The fourth-order valence-corrected chi connectivity index (χ4v) is 3.13. The number of hydrogen-bond acceptors (Lipinski definition) is 5. The molecule has 2 N–H and O–H groups in total. The van der Waals surface area contributed by atoms with Crippen molar-refractivity contribution in [2.24, 2.45) is 0 Å². The normalized spacial score (nSPS) is 16.8. The van der Waals surface area contributed by atoms with Gasteiger partial charge in [0.25, 0.3) is 11.5 Å². The Balaban J connectivity index is 1.72. The maximum absolute atomic E-state index is 12.3. The molecule has 1 atom stereocenters. The minimum atomic E-state index is -1.71. The Hall–Kier alpha value is -1.99. The maximum Gasteiger partial charge on any atom is 0.259 e. The summed E-state index contributed by atoms with van der Waals surface area (Å²) in [6.45, 7) is 3.06. The molecular weight excluding hydrogens is 314 g/mol. The number of anilines is 1.